The number of anilines is 1. The standard InChI is InChI=1S/C20H18N2O5S/c1-25-14-5-3-4-13(10-14)6-9-19(24)27-12-18(23)22-20-21-16-8-7-15(26-2)11-17(16)28-20/h3-11H,12H2,1-2H3,(H,21,22,23)/b9-6+. The van der Waals surface area contributed by atoms with E-state index in [1.54, 1.807) is 38.5 Å². The summed E-state index contributed by atoms with van der Waals surface area (Å²) in [6, 6.07) is 12.7. The van der Waals surface area contributed by atoms with E-state index < -0.39 is 18.5 Å². The van der Waals surface area contributed by atoms with E-state index in [9.17, 15) is 9.59 Å². The zero-order chi connectivity index (χ0) is 19.9. The van der Waals surface area contributed by atoms with Gasteiger partial charge in [-0.15, -0.1) is 0 Å². The summed E-state index contributed by atoms with van der Waals surface area (Å²) in [6.45, 7) is -0.402. The van der Waals surface area contributed by atoms with Crippen LogP contribution < -0.4 is 14.8 Å². The van der Waals surface area contributed by atoms with Crippen molar-refractivity contribution in [1.29, 1.82) is 0 Å². The number of benzene rings is 2. The first-order valence-electron chi connectivity index (χ1n) is 8.30. The number of hydrogen-bond donors (Lipinski definition) is 1. The normalized spacial score (nSPS) is 10.8. The molecule has 0 aliphatic rings. The van der Waals surface area contributed by atoms with Crippen LogP contribution >= 0.6 is 11.3 Å². The van der Waals surface area contributed by atoms with Gasteiger partial charge in [-0.3, -0.25) is 10.1 Å². The molecule has 0 unspecified atom stereocenters. The number of carbonyl (C=O) groups is 2. The van der Waals surface area contributed by atoms with Crippen molar-refractivity contribution in [3.63, 3.8) is 0 Å². The summed E-state index contributed by atoms with van der Waals surface area (Å²) in [5, 5.41) is 3.05. The molecular weight excluding hydrogens is 380 g/mol. The summed E-state index contributed by atoms with van der Waals surface area (Å²) < 4.78 is 16.1. The number of hydrogen-bond acceptors (Lipinski definition) is 7. The second kappa shape index (κ2) is 9.01. The van der Waals surface area contributed by atoms with Gasteiger partial charge in [-0.05, 0) is 42.0 Å². The fourth-order valence-electron chi connectivity index (χ4n) is 2.33. The second-order valence-corrected chi connectivity index (χ2v) is 6.65. The predicted molar refractivity (Wildman–Crippen MR) is 108 cm³/mol. The highest BCUT2D eigenvalue weighted by atomic mass is 32.1. The molecule has 1 N–H and O–H groups in total. The molecule has 0 saturated heterocycles. The molecule has 144 valence electrons. The largest absolute Gasteiger partial charge is 0.497 e. The Bertz CT molecular complexity index is 1030. The van der Waals surface area contributed by atoms with E-state index in [-0.39, 0.29) is 0 Å². The van der Waals surface area contributed by atoms with E-state index in [0.29, 0.717) is 16.6 Å². The minimum atomic E-state index is -0.619. The maximum Gasteiger partial charge on any atom is 0.331 e. The van der Waals surface area contributed by atoms with Crippen molar-refractivity contribution in [3.8, 4) is 11.5 Å². The van der Waals surface area contributed by atoms with Crippen LogP contribution in [0.3, 0.4) is 0 Å². The summed E-state index contributed by atoms with van der Waals surface area (Å²) in [6.07, 6.45) is 2.84. The van der Waals surface area contributed by atoms with Gasteiger partial charge >= 0.3 is 5.97 Å². The van der Waals surface area contributed by atoms with Crippen LogP contribution in [0.5, 0.6) is 11.5 Å². The molecule has 0 radical (unpaired) electrons. The van der Waals surface area contributed by atoms with Crippen molar-refractivity contribution in [3.05, 3.63) is 54.1 Å². The molecule has 0 atom stereocenters. The van der Waals surface area contributed by atoms with Gasteiger partial charge in [0.1, 0.15) is 11.5 Å². The number of thiazole rings is 1. The Kier molecular flexibility index (Phi) is 6.23. The lowest BCUT2D eigenvalue weighted by Crippen LogP contribution is -2.19. The van der Waals surface area contributed by atoms with Crippen molar-refractivity contribution in [1.82, 2.24) is 4.98 Å². The van der Waals surface area contributed by atoms with Crippen LogP contribution in [0.15, 0.2) is 48.5 Å². The van der Waals surface area contributed by atoms with Gasteiger partial charge in [0, 0.05) is 6.08 Å². The highest BCUT2D eigenvalue weighted by molar-refractivity contribution is 7.22. The number of nitrogens with zero attached hydrogens (tertiary/aromatic N) is 1. The third-order valence-electron chi connectivity index (χ3n) is 3.69. The first kappa shape index (κ1) is 19.4. The Morgan fingerprint density at radius 3 is 2.68 bits per heavy atom. The highest BCUT2D eigenvalue weighted by Gasteiger charge is 2.10. The van der Waals surface area contributed by atoms with Crippen molar-refractivity contribution in [2.75, 3.05) is 26.1 Å². The number of fused-ring (bicyclic) bond motifs is 1. The molecule has 28 heavy (non-hydrogen) atoms. The maximum absolute atomic E-state index is 12.0. The van der Waals surface area contributed by atoms with Crippen molar-refractivity contribution >= 4 is 44.6 Å². The van der Waals surface area contributed by atoms with Gasteiger partial charge in [-0.25, -0.2) is 9.78 Å². The van der Waals surface area contributed by atoms with E-state index in [0.717, 1.165) is 15.8 Å². The van der Waals surface area contributed by atoms with Gasteiger partial charge in [0.2, 0.25) is 0 Å². The number of rotatable bonds is 7. The quantitative estimate of drug-likeness (QED) is 0.484. The van der Waals surface area contributed by atoms with Crippen LogP contribution in [0.2, 0.25) is 0 Å². The fraction of sp³-hybridized carbons (Fsp3) is 0.150. The average molecular weight is 398 g/mol. The van der Waals surface area contributed by atoms with Crippen LogP contribution in [-0.2, 0) is 14.3 Å². The molecule has 0 spiro atoms. The number of nitrogens with one attached hydrogen (secondary N) is 1. The van der Waals surface area contributed by atoms with E-state index >= 15 is 0 Å². The molecule has 3 rings (SSSR count). The van der Waals surface area contributed by atoms with Crippen molar-refractivity contribution < 1.29 is 23.8 Å². The van der Waals surface area contributed by atoms with Gasteiger partial charge in [-0.1, -0.05) is 23.5 Å². The first-order valence-corrected chi connectivity index (χ1v) is 9.12. The maximum atomic E-state index is 12.0. The van der Waals surface area contributed by atoms with Crippen LogP contribution in [0.4, 0.5) is 5.13 Å². The predicted octanol–water partition coefficient (Wildman–Crippen LogP) is 3.51. The Morgan fingerprint density at radius 1 is 1.11 bits per heavy atom. The van der Waals surface area contributed by atoms with E-state index in [1.807, 2.05) is 24.3 Å². The van der Waals surface area contributed by atoms with Gasteiger partial charge < -0.3 is 14.2 Å². The highest BCUT2D eigenvalue weighted by Crippen LogP contribution is 2.29. The van der Waals surface area contributed by atoms with Crippen LogP contribution in [0.1, 0.15) is 5.56 Å². The molecule has 0 aliphatic heterocycles. The Hall–Kier alpha value is -3.39. The molecule has 0 saturated carbocycles. The monoisotopic (exact) mass is 398 g/mol. The molecule has 0 fully saturated rings. The summed E-state index contributed by atoms with van der Waals surface area (Å²) in [4.78, 5) is 28.1. The molecule has 0 aliphatic carbocycles. The molecule has 2 aromatic carbocycles. The third kappa shape index (κ3) is 5.08. The van der Waals surface area contributed by atoms with Gasteiger partial charge in [0.25, 0.3) is 5.91 Å². The topological polar surface area (TPSA) is 86.8 Å². The number of methoxy groups -OCH3 is 2. The molecule has 1 amide bonds. The summed E-state index contributed by atoms with van der Waals surface area (Å²) in [7, 11) is 3.15. The average Bonchev–Trinajstić information content (AvgIpc) is 3.12. The molecular formula is C20H18N2O5S. The van der Waals surface area contributed by atoms with Gasteiger partial charge in [-0.2, -0.15) is 0 Å². The summed E-state index contributed by atoms with van der Waals surface area (Å²) in [5.41, 5.74) is 1.53. The second-order valence-electron chi connectivity index (χ2n) is 5.62. The van der Waals surface area contributed by atoms with Crippen molar-refractivity contribution in [2.45, 2.75) is 0 Å². The summed E-state index contributed by atoms with van der Waals surface area (Å²) in [5.74, 6) is 0.315. The molecule has 8 heteroatoms. The van der Waals surface area contributed by atoms with Gasteiger partial charge in [0.15, 0.2) is 11.7 Å². The molecule has 1 aromatic heterocycles. The number of aromatic nitrogens is 1. The number of amides is 1. The SMILES string of the molecule is COc1cccc(/C=C/C(=O)OCC(=O)Nc2nc3ccc(OC)cc3s2)c1. The van der Waals surface area contributed by atoms with E-state index in [4.69, 9.17) is 14.2 Å². The fourth-order valence-corrected chi connectivity index (χ4v) is 3.25. The van der Waals surface area contributed by atoms with Crippen LogP contribution in [0.25, 0.3) is 16.3 Å². The smallest absolute Gasteiger partial charge is 0.331 e. The van der Waals surface area contributed by atoms with Crippen molar-refractivity contribution in [2.24, 2.45) is 0 Å². The number of ether oxygens (including phenoxy) is 3. The number of carbonyl (C=O) groups excluding carboxylic acids is 2. The Balaban J connectivity index is 1.52. The molecule has 1 heterocycles. The Morgan fingerprint density at radius 2 is 1.89 bits per heavy atom. The van der Waals surface area contributed by atoms with Crippen LogP contribution in [-0.4, -0.2) is 37.7 Å². The summed E-state index contributed by atoms with van der Waals surface area (Å²) >= 11 is 1.31. The van der Waals surface area contributed by atoms with Crippen LogP contribution in [0, 0.1) is 0 Å². The zero-order valence-electron chi connectivity index (χ0n) is 15.3. The Labute approximate surface area is 165 Å². The lowest BCUT2D eigenvalue weighted by molar-refractivity contribution is -0.142. The number of esters is 1. The lowest BCUT2D eigenvalue weighted by atomic mass is 10.2. The van der Waals surface area contributed by atoms with Gasteiger partial charge in [0.05, 0.1) is 24.4 Å². The molecule has 0 bridgehead atoms. The zero-order valence-corrected chi connectivity index (χ0v) is 16.1. The van der Waals surface area contributed by atoms with E-state index in [2.05, 4.69) is 10.3 Å². The molecule has 7 nitrogen and oxygen atoms in total. The lowest BCUT2D eigenvalue weighted by Gasteiger charge is -2.02. The van der Waals surface area contributed by atoms with E-state index in [1.165, 1.54) is 17.4 Å². The minimum absolute atomic E-state index is 0.402. The minimum Gasteiger partial charge on any atom is -0.497 e. The first-order chi connectivity index (χ1) is 13.6. The molecule has 3 aromatic rings. The third-order valence-corrected chi connectivity index (χ3v) is 4.63.